The fraction of sp³-hybridized carbons (Fsp3) is 0.143. The van der Waals surface area contributed by atoms with E-state index in [2.05, 4.69) is 112 Å². The van der Waals surface area contributed by atoms with Gasteiger partial charge in [-0.05, 0) is 31.2 Å². The fourth-order valence-electron chi connectivity index (χ4n) is 2.45. The number of hydrogen-bond acceptors (Lipinski definition) is 0. The summed E-state index contributed by atoms with van der Waals surface area (Å²) in [4.78, 5) is 1.25. The second kappa shape index (κ2) is 9.16. The summed E-state index contributed by atoms with van der Waals surface area (Å²) >= 11 is 7.02. The smallest absolute Gasteiger partial charge is 0.141 e. The maximum atomic E-state index is 3.51. The van der Waals surface area contributed by atoms with Gasteiger partial charge in [0.25, 0.3) is 0 Å². The van der Waals surface area contributed by atoms with Crippen LogP contribution in [0.3, 0.4) is 0 Å². The van der Waals surface area contributed by atoms with Crippen LogP contribution in [0.2, 0.25) is 0 Å². The molecule has 0 fully saturated rings. The standard InChI is InChI=1S/C19H15Br2N.C2H6/c1-14-2-8-17(9-3-14)22(18-10-4-15(20)5-11-18)19-12-6-16(21)7-13-19;1-2/h2-13H,1H3;1-2H3/p+1. The minimum Gasteiger partial charge on any atom is -0.238 e. The molecule has 0 bridgehead atoms. The van der Waals surface area contributed by atoms with Gasteiger partial charge < -0.3 is 0 Å². The Morgan fingerprint density at radius 1 is 0.542 bits per heavy atom. The van der Waals surface area contributed by atoms with E-state index in [9.17, 15) is 0 Å². The maximum Gasteiger partial charge on any atom is 0.141 e. The highest BCUT2D eigenvalue weighted by Crippen LogP contribution is 2.19. The number of benzene rings is 3. The van der Waals surface area contributed by atoms with Crippen LogP contribution in [0.1, 0.15) is 19.4 Å². The normalized spacial score (nSPS) is 10.2. The average Bonchev–Trinajstić information content (AvgIpc) is 2.62. The molecule has 3 aromatic rings. The molecule has 0 amide bonds. The summed E-state index contributed by atoms with van der Waals surface area (Å²) in [5.41, 5.74) is 4.94. The molecule has 124 valence electrons. The van der Waals surface area contributed by atoms with Gasteiger partial charge >= 0.3 is 0 Å². The monoisotopic (exact) mass is 446 g/mol. The van der Waals surface area contributed by atoms with Crippen LogP contribution in [0.15, 0.2) is 81.7 Å². The zero-order chi connectivity index (χ0) is 17.5. The highest BCUT2D eigenvalue weighted by atomic mass is 79.9. The first-order chi connectivity index (χ1) is 11.6. The third-order valence-electron chi connectivity index (χ3n) is 3.61. The third kappa shape index (κ3) is 4.79. The molecule has 0 saturated carbocycles. The van der Waals surface area contributed by atoms with Crippen LogP contribution in [0.5, 0.6) is 0 Å². The number of rotatable bonds is 3. The molecule has 3 heteroatoms. The van der Waals surface area contributed by atoms with Crippen LogP contribution in [-0.4, -0.2) is 0 Å². The molecule has 0 aliphatic carbocycles. The Kier molecular flexibility index (Phi) is 7.22. The largest absolute Gasteiger partial charge is 0.238 e. The van der Waals surface area contributed by atoms with Gasteiger partial charge in [-0.25, -0.2) is 4.90 Å². The average molecular weight is 448 g/mol. The molecule has 0 unspecified atom stereocenters. The van der Waals surface area contributed by atoms with Gasteiger partial charge in [-0.2, -0.15) is 0 Å². The maximum absolute atomic E-state index is 3.51. The molecule has 0 aliphatic rings. The van der Waals surface area contributed by atoms with Crippen molar-refractivity contribution in [3.63, 3.8) is 0 Å². The van der Waals surface area contributed by atoms with Gasteiger partial charge in [-0.1, -0.05) is 63.4 Å². The molecule has 0 aliphatic heterocycles. The lowest BCUT2D eigenvalue weighted by atomic mass is 10.1. The number of aryl methyl sites for hydroxylation is 1. The van der Waals surface area contributed by atoms with E-state index in [0.717, 1.165) is 8.95 Å². The zero-order valence-corrected chi connectivity index (χ0v) is 17.4. The van der Waals surface area contributed by atoms with Crippen molar-refractivity contribution < 1.29 is 4.90 Å². The molecular formula is C21H22Br2N+. The minimum atomic E-state index is 1.09. The van der Waals surface area contributed by atoms with E-state index in [0.29, 0.717) is 0 Å². The van der Waals surface area contributed by atoms with Crippen LogP contribution >= 0.6 is 31.9 Å². The molecule has 0 spiro atoms. The summed E-state index contributed by atoms with van der Waals surface area (Å²) in [5.74, 6) is 0. The highest BCUT2D eigenvalue weighted by molar-refractivity contribution is 9.10. The quantitative estimate of drug-likeness (QED) is 0.454. The highest BCUT2D eigenvalue weighted by Gasteiger charge is 2.18. The van der Waals surface area contributed by atoms with E-state index in [4.69, 9.17) is 0 Å². The summed E-state index contributed by atoms with van der Waals surface area (Å²) in [6, 6.07) is 25.7. The molecular weight excluding hydrogens is 426 g/mol. The predicted molar refractivity (Wildman–Crippen MR) is 111 cm³/mol. The van der Waals surface area contributed by atoms with Crippen molar-refractivity contribution in [3.8, 4) is 0 Å². The number of hydrogen-bond donors (Lipinski definition) is 1. The van der Waals surface area contributed by atoms with Crippen molar-refractivity contribution in [1.82, 2.24) is 0 Å². The lowest BCUT2D eigenvalue weighted by molar-refractivity contribution is -0.681. The lowest BCUT2D eigenvalue weighted by Crippen LogP contribution is -2.96. The SMILES string of the molecule is CC.Cc1ccc([NH+](c2ccc(Br)cc2)c2ccc(Br)cc2)cc1. The van der Waals surface area contributed by atoms with Crippen LogP contribution in [0.25, 0.3) is 0 Å². The Balaban J connectivity index is 0.00000100. The fourth-order valence-corrected chi connectivity index (χ4v) is 2.98. The third-order valence-corrected chi connectivity index (χ3v) is 4.66. The topological polar surface area (TPSA) is 4.44 Å². The molecule has 0 aromatic heterocycles. The van der Waals surface area contributed by atoms with Crippen LogP contribution in [0, 0.1) is 6.92 Å². The van der Waals surface area contributed by atoms with Crippen molar-refractivity contribution in [3.05, 3.63) is 87.3 Å². The van der Waals surface area contributed by atoms with Gasteiger partial charge in [0.2, 0.25) is 0 Å². The van der Waals surface area contributed by atoms with E-state index in [1.165, 1.54) is 27.5 Å². The lowest BCUT2D eigenvalue weighted by Gasteiger charge is -2.18. The Labute approximate surface area is 161 Å². The Morgan fingerprint density at radius 2 is 0.833 bits per heavy atom. The second-order valence-electron chi connectivity index (χ2n) is 5.25. The number of quaternary nitrogens is 1. The molecule has 0 radical (unpaired) electrons. The molecule has 0 atom stereocenters. The van der Waals surface area contributed by atoms with Crippen molar-refractivity contribution in [2.24, 2.45) is 0 Å². The molecule has 0 heterocycles. The molecule has 1 N–H and O–H groups in total. The first kappa shape index (κ1) is 18.9. The van der Waals surface area contributed by atoms with Crippen molar-refractivity contribution in [2.75, 3.05) is 0 Å². The second-order valence-corrected chi connectivity index (χ2v) is 7.09. The van der Waals surface area contributed by atoms with E-state index in [-0.39, 0.29) is 0 Å². The van der Waals surface area contributed by atoms with Crippen LogP contribution in [0.4, 0.5) is 17.1 Å². The summed E-state index contributed by atoms with van der Waals surface area (Å²) in [6.45, 7) is 6.11. The molecule has 1 nitrogen and oxygen atoms in total. The summed E-state index contributed by atoms with van der Waals surface area (Å²) in [5, 5.41) is 0. The van der Waals surface area contributed by atoms with E-state index in [1.807, 2.05) is 13.8 Å². The van der Waals surface area contributed by atoms with Crippen LogP contribution in [-0.2, 0) is 0 Å². The predicted octanol–water partition coefficient (Wildman–Crippen LogP) is 6.73. The van der Waals surface area contributed by atoms with Gasteiger partial charge in [-0.3, -0.25) is 0 Å². The van der Waals surface area contributed by atoms with Crippen molar-refractivity contribution in [1.29, 1.82) is 0 Å². The molecule has 3 aromatic carbocycles. The van der Waals surface area contributed by atoms with Gasteiger partial charge in [-0.15, -0.1) is 0 Å². The summed E-state index contributed by atoms with van der Waals surface area (Å²) in [6.07, 6.45) is 0. The molecule has 24 heavy (non-hydrogen) atoms. The van der Waals surface area contributed by atoms with Crippen LogP contribution < -0.4 is 4.90 Å². The van der Waals surface area contributed by atoms with Crippen molar-refractivity contribution >= 4 is 48.9 Å². The van der Waals surface area contributed by atoms with E-state index in [1.54, 1.807) is 0 Å². The molecule has 0 saturated heterocycles. The van der Waals surface area contributed by atoms with Gasteiger partial charge in [0.05, 0.1) is 0 Å². The Morgan fingerprint density at radius 3 is 1.17 bits per heavy atom. The number of halogens is 2. The Bertz CT molecular complexity index is 639. The number of nitrogens with one attached hydrogen (secondary N) is 1. The zero-order valence-electron chi connectivity index (χ0n) is 14.2. The van der Waals surface area contributed by atoms with E-state index >= 15 is 0 Å². The summed E-state index contributed by atoms with van der Waals surface area (Å²) in [7, 11) is 0. The van der Waals surface area contributed by atoms with Gasteiger partial charge in [0.1, 0.15) is 17.1 Å². The first-order valence-electron chi connectivity index (χ1n) is 8.09. The van der Waals surface area contributed by atoms with Gasteiger partial charge in [0.15, 0.2) is 0 Å². The van der Waals surface area contributed by atoms with Crippen molar-refractivity contribution in [2.45, 2.75) is 20.8 Å². The Hall–Kier alpha value is -1.42. The summed E-state index contributed by atoms with van der Waals surface area (Å²) < 4.78 is 2.19. The van der Waals surface area contributed by atoms with E-state index < -0.39 is 0 Å². The first-order valence-corrected chi connectivity index (χ1v) is 9.68. The molecule has 3 rings (SSSR count). The minimum absolute atomic E-state index is 1.09. The van der Waals surface area contributed by atoms with Gasteiger partial charge in [0, 0.05) is 45.3 Å².